The van der Waals surface area contributed by atoms with Gasteiger partial charge in [0.15, 0.2) is 0 Å². The summed E-state index contributed by atoms with van der Waals surface area (Å²) >= 11 is 3.60. The maximum atomic E-state index is 4.75. The Balaban J connectivity index is 1.76. The molecular weight excluding hydrogens is 316 g/mol. The Morgan fingerprint density at radius 2 is 2.00 bits per heavy atom. The van der Waals surface area contributed by atoms with E-state index in [1.54, 1.807) is 0 Å². The number of fused-ring (bicyclic) bond motifs is 1. The highest BCUT2D eigenvalue weighted by Crippen LogP contribution is 2.37. The van der Waals surface area contributed by atoms with E-state index in [0.717, 1.165) is 30.8 Å². The predicted molar refractivity (Wildman–Crippen MR) is 84.6 cm³/mol. The summed E-state index contributed by atoms with van der Waals surface area (Å²) < 4.78 is 3.27. The van der Waals surface area contributed by atoms with Crippen LogP contribution in [0.4, 0.5) is 5.69 Å². The number of piperazine rings is 1. The molecule has 0 radical (unpaired) electrons. The molecule has 0 amide bonds. The molecule has 1 aliphatic carbocycles. The molecule has 4 nitrogen and oxygen atoms in total. The van der Waals surface area contributed by atoms with Crippen LogP contribution in [0.15, 0.2) is 22.9 Å². The van der Waals surface area contributed by atoms with Crippen molar-refractivity contribution in [2.75, 3.05) is 31.1 Å². The first-order valence-corrected chi connectivity index (χ1v) is 8.25. The van der Waals surface area contributed by atoms with Crippen LogP contribution in [0.2, 0.25) is 0 Å². The smallest absolute Gasteiger partial charge is 0.132 e. The Kier molecular flexibility index (Phi) is 3.19. The Hall–Kier alpha value is -1.07. The molecule has 5 heteroatoms. The fraction of sp³-hybridized carbons (Fsp3) is 0.533. The highest BCUT2D eigenvalue weighted by Gasteiger charge is 2.25. The number of rotatable bonds is 2. The van der Waals surface area contributed by atoms with Gasteiger partial charge in [-0.25, -0.2) is 4.98 Å². The van der Waals surface area contributed by atoms with Gasteiger partial charge in [0.25, 0.3) is 0 Å². The number of anilines is 1. The van der Waals surface area contributed by atoms with E-state index in [4.69, 9.17) is 4.98 Å². The molecule has 2 aromatic rings. The zero-order valence-electron chi connectivity index (χ0n) is 11.5. The van der Waals surface area contributed by atoms with Gasteiger partial charge in [0.2, 0.25) is 0 Å². The molecule has 2 fully saturated rings. The largest absolute Gasteiger partial charge is 0.368 e. The van der Waals surface area contributed by atoms with Crippen LogP contribution in [0.5, 0.6) is 0 Å². The topological polar surface area (TPSA) is 32.6 Å². The van der Waals surface area contributed by atoms with Gasteiger partial charge in [0.1, 0.15) is 10.4 Å². The van der Waals surface area contributed by atoms with E-state index < -0.39 is 0 Å². The van der Waals surface area contributed by atoms with Crippen molar-refractivity contribution in [3.8, 4) is 0 Å². The Bertz CT molecular complexity index is 626. The second-order valence-electron chi connectivity index (χ2n) is 5.77. The first-order valence-electron chi connectivity index (χ1n) is 7.46. The summed E-state index contributed by atoms with van der Waals surface area (Å²) in [7, 11) is 0. The first-order chi connectivity index (χ1) is 9.83. The third kappa shape index (κ3) is 2.04. The van der Waals surface area contributed by atoms with Crippen LogP contribution < -0.4 is 10.2 Å². The van der Waals surface area contributed by atoms with Crippen LogP contribution in [0.1, 0.15) is 31.0 Å². The average molecular weight is 335 g/mol. The first kappa shape index (κ1) is 12.7. The van der Waals surface area contributed by atoms with Gasteiger partial charge in [0.05, 0.1) is 11.2 Å². The molecule has 0 atom stereocenters. The lowest BCUT2D eigenvalue weighted by molar-refractivity contribution is 0.400. The molecule has 1 aliphatic heterocycles. The van der Waals surface area contributed by atoms with Gasteiger partial charge in [-0.05, 0) is 40.9 Å². The van der Waals surface area contributed by atoms with Gasteiger partial charge in [-0.15, -0.1) is 0 Å². The van der Waals surface area contributed by atoms with Crippen LogP contribution >= 0.6 is 15.9 Å². The second-order valence-corrected chi connectivity index (χ2v) is 6.52. The molecule has 20 heavy (non-hydrogen) atoms. The molecule has 1 saturated heterocycles. The maximum Gasteiger partial charge on any atom is 0.132 e. The summed E-state index contributed by atoms with van der Waals surface area (Å²) in [6.45, 7) is 4.31. The Morgan fingerprint density at radius 1 is 1.20 bits per heavy atom. The minimum Gasteiger partial charge on any atom is -0.368 e. The van der Waals surface area contributed by atoms with Crippen molar-refractivity contribution < 1.29 is 0 Å². The summed E-state index contributed by atoms with van der Waals surface area (Å²) in [6, 6.07) is 4.41. The van der Waals surface area contributed by atoms with Crippen molar-refractivity contribution in [2.45, 2.75) is 25.2 Å². The number of nitrogens with one attached hydrogen (secondary N) is 1. The minimum atomic E-state index is 0.645. The summed E-state index contributed by atoms with van der Waals surface area (Å²) in [4.78, 5) is 7.20. The molecule has 1 saturated carbocycles. The number of pyridine rings is 1. The van der Waals surface area contributed by atoms with Crippen LogP contribution in [-0.2, 0) is 0 Å². The molecule has 4 rings (SSSR count). The normalized spacial score (nSPS) is 20.4. The van der Waals surface area contributed by atoms with Gasteiger partial charge in [0, 0.05) is 38.3 Å². The number of hydrogen-bond acceptors (Lipinski definition) is 3. The number of halogens is 1. The van der Waals surface area contributed by atoms with E-state index in [2.05, 4.69) is 48.9 Å². The Morgan fingerprint density at radius 3 is 2.70 bits per heavy atom. The van der Waals surface area contributed by atoms with E-state index in [9.17, 15) is 0 Å². The zero-order chi connectivity index (χ0) is 13.5. The van der Waals surface area contributed by atoms with Crippen molar-refractivity contribution >= 4 is 27.1 Å². The predicted octanol–water partition coefficient (Wildman–Crippen LogP) is 2.77. The molecule has 2 aliphatic rings. The van der Waals surface area contributed by atoms with Gasteiger partial charge < -0.3 is 14.6 Å². The fourth-order valence-electron chi connectivity index (χ4n) is 3.12. The van der Waals surface area contributed by atoms with Crippen molar-refractivity contribution in [1.82, 2.24) is 14.7 Å². The second kappa shape index (κ2) is 5.04. The molecule has 2 aromatic heterocycles. The summed E-state index contributed by atoms with van der Waals surface area (Å²) in [5.41, 5.74) is 2.50. The number of aromatic nitrogens is 2. The maximum absolute atomic E-state index is 4.75. The summed E-state index contributed by atoms with van der Waals surface area (Å²) in [5, 5.41) is 3.41. The lowest BCUT2D eigenvalue weighted by Gasteiger charge is -2.30. The molecule has 0 unspecified atom stereocenters. The standard InChI is InChI=1S/C15H19BrN4/c16-14-13-5-4-12(19-8-6-17-7-9-19)10-20(13)15(18-14)11-2-1-3-11/h4-5,10-11,17H,1-3,6-9H2. The zero-order valence-corrected chi connectivity index (χ0v) is 13.1. The van der Waals surface area contributed by atoms with Crippen molar-refractivity contribution in [1.29, 1.82) is 0 Å². The monoisotopic (exact) mass is 334 g/mol. The molecule has 0 aromatic carbocycles. The summed E-state index contributed by atoms with van der Waals surface area (Å²) in [6.07, 6.45) is 6.17. The quantitative estimate of drug-likeness (QED) is 0.916. The van der Waals surface area contributed by atoms with E-state index in [1.807, 2.05) is 0 Å². The number of nitrogens with zero attached hydrogens (tertiary/aromatic N) is 3. The van der Waals surface area contributed by atoms with Crippen molar-refractivity contribution in [3.05, 3.63) is 28.8 Å². The van der Waals surface area contributed by atoms with Gasteiger partial charge in [-0.3, -0.25) is 0 Å². The Labute approximate surface area is 127 Å². The van der Waals surface area contributed by atoms with Crippen LogP contribution in [0.3, 0.4) is 0 Å². The number of imidazole rings is 1. The fourth-order valence-corrected chi connectivity index (χ4v) is 3.63. The van der Waals surface area contributed by atoms with Crippen molar-refractivity contribution in [3.63, 3.8) is 0 Å². The van der Waals surface area contributed by atoms with Crippen LogP contribution in [-0.4, -0.2) is 35.6 Å². The van der Waals surface area contributed by atoms with Crippen LogP contribution in [0, 0.1) is 0 Å². The molecule has 0 spiro atoms. The third-order valence-electron chi connectivity index (χ3n) is 4.56. The molecule has 106 valence electrons. The van der Waals surface area contributed by atoms with E-state index in [1.165, 1.54) is 36.3 Å². The van der Waals surface area contributed by atoms with E-state index >= 15 is 0 Å². The highest BCUT2D eigenvalue weighted by atomic mass is 79.9. The summed E-state index contributed by atoms with van der Waals surface area (Å²) in [5.74, 6) is 1.88. The molecular formula is C15H19BrN4. The van der Waals surface area contributed by atoms with Crippen molar-refractivity contribution in [2.24, 2.45) is 0 Å². The number of hydrogen-bond donors (Lipinski definition) is 1. The lowest BCUT2D eigenvalue weighted by atomic mass is 9.85. The van der Waals surface area contributed by atoms with E-state index in [-0.39, 0.29) is 0 Å². The molecule has 3 heterocycles. The van der Waals surface area contributed by atoms with Crippen LogP contribution in [0.25, 0.3) is 5.52 Å². The van der Waals surface area contributed by atoms with Gasteiger partial charge in [-0.2, -0.15) is 0 Å². The van der Waals surface area contributed by atoms with E-state index in [0.29, 0.717) is 5.92 Å². The molecule has 1 N–H and O–H groups in total. The van der Waals surface area contributed by atoms with Gasteiger partial charge >= 0.3 is 0 Å². The van der Waals surface area contributed by atoms with Gasteiger partial charge in [-0.1, -0.05) is 6.42 Å². The minimum absolute atomic E-state index is 0.645. The lowest BCUT2D eigenvalue weighted by Crippen LogP contribution is -2.43. The third-order valence-corrected chi connectivity index (χ3v) is 5.14. The highest BCUT2D eigenvalue weighted by molar-refractivity contribution is 9.10. The average Bonchev–Trinajstić information content (AvgIpc) is 2.75. The SMILES string of the molecule is Brc1nc(C2CCC2)n2cc(N3CCNCC3)ccc12. The molecule has 0 bridgehead atoms.